The minimum Gasteiger partial charge on any atom is -0.464 e. The largest absolute Gasteiger partial charge is 0.464 e. The highest BCUT2D eigenvalue weighted by atomic mass is 16.5. The van der Waals surface area contributed by atoms with Crippen molar-refractivity contribution < 1.29 is 9.53 Å². The first kappa shape index (κ1) is 23.0. The van der Waals surface area contributed by atoms with Crippen LogP contribution in [0, 0.1) is 23.2 Å². The van der Waals surface area contributed by atoms with Gasteiger partial charge in [-0.25, -0.2) is 9.97 Å². The maximum absolute atomic E-state index is 13.0. The predicted molar refractivity (Wildman–Crippen MR) is 122 cm³/mol. The van der Waals surface area contributed by atoms with E-state index in [1.54, 1.807) is 0 Å². The van der Waals surface area contributed by atoms with Gasteiger partial charge in [0.2, 0.25) is 0 Å². The number of esters is 1. The number of ether oxygens (including phenoxy) is 1. The number of rotatable bonds is 8. The SMILES string of the molecule is CCC(COC(=O)C(C#N)c1nc2ccccc2nc1N1CCNC(C)C1)CC(C)C. The molecule has 2 heterocycles. The molecule has 31 heavy (non-hydrogen) atoms. The van der Waals surface area contributed by atoms with Crippen LogP contribution in [0.15, 0.2) is 24.3 Å². The summed E-state index contributed by atoms with van der Waals surface area (Å²) in [6.07, 6.45) is 1.92. The Morgan fingerprint density at radius 2 is 2.03 bits per heavy atom. The third kappa shape index (κ3) is 5.71. The van der Waals surface area contributed by atoms with Gasteiger partial charge in [0.15, 0.2) is 11.7 Å². The van der Waals surface area contributed by atoms with Crippen LogP contribution in [-0.4, -0.2) is 48.2 Å². The molecule has 0 radical (unpaired) electrons. The number of carbonyl (C=O) groups is 1. The summed E-state index contributed by atoms with van der Waals surface area (Å²) in [5, 5.41) is 13.3. The molecule has 3 unspecified atom stereocenters. The Balaban J connectivity index is 1.91. The Kier molecular flexibility index (Phi) is 7.80. The molecule has 0 amide bonds. The van der Waals surface area contributed by atoms with Gasteiger partial charge in [-0.15, -0.1) is 0 Å². The van der Waals surface area contributed by atoms with Gasteiger partial charge in [-0.3, -0.25) is 4.79 Å². The lowest BCUT2D eigenvalue weighted by Gasteiger charge is -2.34. The zero-order valence-corrected chi connectivity index (χ0v) is 19.0. The molecule has 7 nitrogen and oxygen atoms in total. The molecule has 1 aromatic carbocycles. The van der Waals surface area contributed by atoms with E-state index < -0.39 is 11.9 Å². The van der Waals surface area contributed by atoms with Crippen molar-refractivity contribution in [1.29, 1.82) is 5.26 Å². The number of hydrogen-bond donors (Lipinski definition) is 1. The highest BCUT2D eigenvalue weighted by Gasteiger charge is 2.31. The lowest BCUT2D eigenvalue weighted by molar-refractivity contribution is -0.145. The van der Waals surface area contributed by atoms with Crippen molar-refractivity contribution in [2.75, 3.05) is 31.1 Å². The number of para-hydroxylation sites is 2. The van der Waals surface area contributed by atoms with Crippen LogP contribution >= 0.6 is 0 Å². The number of carbonyl (C=O) groups excluding carboxylic acids is 1. The van der Waals surface area contributed by atoms with Gasteiger partial charge in [-0.2, -0.15) is 5.26 Å². The molecule has 1 saturated heterocycles. The van der Waals surface area contributed by atoms with Crippen LogP contribution < -0.4 is 10.2 Å². The van der Waals surface area contributed by atoms with Gasteiger partial charge in [0, 0.05) is 25.7 Å². The minimum atomic E-state index is -1.10. The number of benzene rings is 1. The zero-order chi connectivity index (χ0) is 22.4. The summed E-state index contributed by atoms with van der Waals surface area (Å²) in [7, 11) is 0. The molecule has 0 spiro atoms. The van der Waals surface area contributed by atoms with Gasteiger partial charge >= 0.3 is 5.97 Å². The van der Waals surface area contributed by atoms with Crippen LogP contribution in [-0.2, 0) is 9.53 Å². The van der Waals surface area contributed by atoms with E-state index >= 15 is 0 Å². The Morgan fingerprint density at radius 3 is 2.65 bits per heavy atom. The summed E-state index contributed by atoms with van der Waals surface area (Å²) < 4.78 is 5.62. The summed E-state index contributed by atoms with van der Waals surface area (Å²) in [6, 6.07) is 9.97. The van der Waals surface area contributed by atoms with Crippen molar-refractivity contribution in [2.45, 2.75) is 52.5 Å². The number of fused-ring (bicyclic) bond motifs is 1. The maximum atomic E-state index is 13.0. The molecule has 0 saturated carbocycles. The molecular weight excluding hydrogens is 390 g/mol. The van der Waals surface area contributed by atoms with Crippen molar-refractivity contribution >= 4 is 22.8 Å². The first-order chi connectivity index (χ1) is 14.9. The lowest BCUT2D eigenvalue weighted by Crippen LogP contribution is -2.50. The van der Waals surface area contributed by atoms with E-state index in [9.17, 15) is 10.1 Å². The monoisotopic (exact) mass is 423 g/mol. The first-order valence-corrected chi connectivity index (χ1v) is 11.2. The van der Waals surface area contributed by atoms with E-state index in [0.717, 1.165) is 38.0 Å². The van der Waals surface area contributed by atoms with Crippen molar-refractivity contribution in [1.82, 2.24) is 15.3 Å². The summed E-state index contributed by atoms with van der Waals surface area (Å²) in [6.45, 7) is 11.1. The van der Waals surface area contributed by atoms with Gasteiger partial charge in [0.25, 0.3) is 0 Å². The van der Waals surface area contributed by atoms with Gasteiger partial charge in [0.1, 0.15) is 5.69 Å². The molecule has 166 valence electrons. The standard InChI is InChI=1S/C24H33N5O2/c1-5-18(12-16(2)3)15-31-24(30)19(13-25)22-23(29-11-10-26-17(4)14-29)28-21-9-7-6-8-20(21)27-22/h6-9,16-19,26H,5,10-12,14-15H2,1-4H3. The lowest BCUT2D eigenvalue weighted by atomic mass is 9.95. The van der Waals surface area contributed by atoms with Gasteiger partial charge < -0.3 is 15.0 Å². The van der Waals surface area contributed by atoms with Crippen molar-refractivity contribution in [3.63, 3.8) is 0 Å². The number of nitrogens with zero attached hydrogens (tertiary/aromatic N) is 4. The highest BCUT2D eigenvalue weighted by Crippen LogP contribution is 2.29. The Hall–Kier alpha value is -2.72. The average molecular weight is 424 g/mol. The fourth-order valence-corrected chi connectivity index (χ4v) is 4.08. The third-order valence-corrected chi connectivity index (χ3v) is 5.73. The van der Waals surface area contributed by atoms with Crippen LogP contribution in [0.2, 0.25) is 0 Å². The number of piperazine rings is 1. The summed E-state index contributed by atoms with van der Waals surface area (Å²) in [4.78, 5) is 24.6. The first-order valence-electron chi connectivity index (χ1n) is 11.2. The van der Waals surface area contributed by atoms with Crippen LogP contribution in [0.3, 0.4) is 0 Å². The molecule has 3 rings (SSSR count). The fourth-order valence-electron chi connectivity index (χ4n) is 4.08. The second kappa shape index (κ2) is 10.5. The molecule has 3 atom stereocenters. The number of anilines is 1. The normalized spacial score (nSPS) is 18.6. The highest BCUT2D eigenvalue weighted by molar-refractivity contribution is 5.85. The van der Waals surface area contributed by atoms with Crippen LogP contribution in [0.4, 0.5) is 5.82 Å². The number of aromatic nitrogens is 2. The molecule has 1 aromatic heterocycles. The number of hydrogen-bond acceptors (Lipinski definition) is 7. The van der Waals surface area contributed by atoms with E-state index in [1.165, 1.54) is 0 Å². The Morgan fingerprint density at radius 1 is 1.32 bits per heavy atom. The van der Waals surface area contributed by atoms with E-state index in [4.69, 9.17) is 14.7 Å². The van der Waals surface area contributed by atoms with Crippen LogP contribution in [0.25, 0.3) is 11.0 Å². The number of nitriles is 1. The third-order valence-electron chi connectivity index (χ3n) is 5.73. The van der Waals surface area contributed by atoms with Gasteiger partial charge in [-0.05, 0) is 37.3 Å². The summed E-state index contributed by atoms with van der Waals surface area (Å²) in [5.41, 5.74) is 1.81. The zero-order valence-electron chi connectivity index (χ0n) is 19.0. The minimum absolute atomic E-state index is 0.281. The molecular formula is C24H33N5O2. The Bertz CT molecular complexity index is 939. The molecule has 1 aliphatic rings. The van der Waals surface area contributed by atoms with Crippen LogP contribution in [0.5, 0.6) is 0 Å². The molecule has 7 heteroatoms. The molecule has 1 N–H and O–H groups in total. The van der Waals surface area contributed by atoms with Crippen molar-refractivity contribution in [3.05, 3.63) is 30.0 Å². The second-order valence-electron chi connectivity index (χ2n) is 8.82. The van der Waals surface area contributed by atoms with E-state index in [1.807, 2.05) is 24.3 Å². The molecule has 1 fully saturated rings. The van der Waals surface area contributed by atoms with Crippen molar-refractivity contribution in [3.8, 4) is 6.07 Å². The average Bonchev–Trinajstić information content (AvgIpc) is 2.76. The summed E-state index contributed by atoms with van der Waals surface area (Å²) in [5.74, 6) is -0.222. The van der Waals surface area contributed by atoms with Crippen LogP contribution in [0.1, 0.15) is 52.1 Å². The topological polar surface area (TPSA) is 91.1 Å². The van der Waals surface area contributed by atoms with E-state index in [0.29, 0.717) is 35.5 Å². The predicted octanol–water partition coefficient (Wildman–Crippen LogP) is 3.65. The Labute approximate surface area is 184 Å². The number of nitrogens with one attached hydrogen (secondary N) is 1. The van der Waals surface area contributed by atoms with E-state index in [2.05, 4.69) is 44.0 Å². The van der Waals surface area contributed by atoms with E-state index in [-0.39, 0.29) is 6.04 Å². The van der Waals surface area contributed by atoms with Gasteiger partial charge in [0.05, 0.1) is 23.7 Å². The molecule has 0 bridgehead atoms. The molecule has 0 aliphatic carbocycles. The second-order valence-corrected chi connectivity index (χ2v) is 8.82. The van der Waals surface area contributed by atoms with Gasteiger partial charge in [-0.1, -0.05) is 39.3 Å². The fraction of sp³-hybridized carbons (Fsp3) is 0.583. The summed E-state index contributed by atoms with van der Waals surface area (Å²) >= 11 is 0. The smallest absolute Gasteiger partial charge is 0.329 e. The quantitative estimate of drug-likeness (QED) is 0.648. The molecule has 1 aliphatic heterocycles. The molecule has 2 aromatic rings. The maximum Gasteiger partial charge on any atom is 0.329 e. The van der Waals surface area contributed by atoms with Crippen molar-refractivity contribution in [2.24, 2.45) is 11.8 Å².